The van der Waals surface area contributed by atoms with Gasteiger partial charge in [0.15, 0.2) is 0 Å². The first kappa shape index (κ1) is 29.9. The number of fused-ring (bicyclic) bond motifs is 1. The molecule has 0 aromatic heterocycles. The number of benzene rings is 2. The number of allylic oxidation sites excluding steroid dienone is 1. The fraction of sp³-hybridized carbons (Fsp3) is 0.419. The van der Waals surface area contributed by atoms with Crippen LogP contribution in [0.1, 0.15) is 58.5 Å². The lowest BCUT2D eigenvalue weighted by Crippen LogP contribution is -2.45. The van der Waals surface area contributed by atoms with Crippen molar-refractivity contribution in [1.29, 1.82) is 0 Å². The maximum Gasteiger partial charge on any atom is 0.256 e. The quantitative estimate of drug-likeness (QED) is 0.504. The molecule has 0 unspecified atom stereocenters. The number of likely N-dealkylation sites (N-methyl/N-ethyl adjacent to an activating group) is 1. The largest absolute Gasteiger partial charge is 0.404 e. The van der Waals surface area contributed by atoms with Crippen LogP contribution in [0.5, 0.6) is 0 Å². The number of piperidine rings is 1. The molecule has 2 aliphatic rings. The van der Waals surface area contributed by atoms with E-state index in [1.54, 1.807) is 45.3 Å². The molecule has 2 heterocycles. The SMILES string of the molecule is CN=C(C(C)=CN)c1ccc2c(c1)N(C)C(=O)[C@@H](C)N(Cc1cc(F)cc(C(=O)NCC3CCN(C)CC3)c1)C2=O. The number of hydrogen-bond acceptors (Lipinski definition) is 6. The van der Waals surface area contributed by atoms with Crippen molar-refractivity contribution in [3.05, 3.63) is 76.2 Å². The van der Waals surface area contributed by atoms with Crippen molar-refractivity contribution in [3.63, 3.8) is 0 Å². The zero-order valence-electron chi connectivity index (χ0n) is 24.4. The number of aliphatic imine (C=N–C) groups is 1. The Balaban J connectivity index is 1.58. The molecule has 0 radical (unpaired) electrons. The smallest absolute Gasteiger partial charge is 0.256 e. The second kappa shape index (κ2) is 12.6. The zero-order valence-corrected chi connectivity index (χ0v) is 24.4. The molecule has 0 bridgehead atoms. The number of nitrogens with two attached hydrogens (primary N) is 1. The molecule has 9 nitrogen and oxygen atoms in total. The van der Waals surface area contributed by atoms with Gasteiger partial charge in [-0.1, -0.05) is 6.07 Å². The van der Waals surface area contributed by atoms with Crippen molar-refractivity contribution in [3.8, 4) is 0 Å². The van der Waals surface area contributed by atoms with Crippen molar-refractivity contribution < 1.29 is 18.8 Å². The number of nitrogens with one attached hydrogen (secondary N) is 1. The minimum Gasteiger partial charge on any atom is -0.404 e. The third kappa shape index (κ3) is 6.48. The van der Waals surface area contributed by atoms with E-state index in [-0.39, 0.29) is 29.8 Å². The van der Waals surface area contributed by atoms with Crippen LogP contribution in [0.3, 0.4) is 0 Å². The Bertz CT molecular complexity index is 1400. The average Bonchev–Trinajstić information content (AvgIpc) is 3.03. The molecule has 1 fully saturated rings. The molecule has 218 valence electrons. The molecular weight excluding hydrogens is 523 g/mol. The molecular formula is C31H39FN6O3. The van der Waals surface area contributed by atoms with E-state index in [9.17, 15) is 18.8 Å². The van der Waals surface area contributed by atoms with Gasteiger partial charge in [0.1, 0.15) is 11.9 Å². The number of amides is 3. The first-order valence-corrected chi connectivity index (χ1v) is 13.9. The van der Waals surface area contributed by atoms with Gasteiger partial charge in [-0.15, -0.1) is 0 Å². The van der Waals surface area contributed by atoms with Gasteiger partial charge in [0.05, 0.1) is 17.0 Å². The molecule has 41 heavy (non-hydrogen) atoms. The van der Waals surface area contributed by atoms with Crippen LogP contribution in [-0.2, 0) is 11.3 Å². The summed E-state index contributed by atoms with van der Waals surface area (Å²) in [4.78, 5) is 49.6. The van der Waals surface area contributed by atoms with Gasteiger partial charge in [-0.05, 0) is 100 Å². The number of likely N-dealkylation sites (tertiary alicyclic amines) is 1. The maximum atomic E-state index is 14.7. The minimum atomic E-state index is -0.821. The predicted octanol–water partition coefficient (Wildman–Crippen LogP) is 3.19. The van der Waals surface area contributed by atoms with Crippen molar-refractivity contribution in [2.45, 2.75) is 39.3 Å². The van der Waals surface area contributed by atoms with E-state index >= 15 is 0 Å². The highest BCUT2D eigenvalue weighted by Crippen LogP contribution is 2.30. The van der Waals surface area contributed by atoms with Gasteiger partial charge in [0.2, 0.25) is 5.91 Å². The zero-order chi connectivity index (χ0) is 29.8. The monoisotopic (exact) mass is 562 g/mol. The summed E-state index contributed by atoms with van der Waals surface area (Å²) in [6.07, 6.45) is 3.46. The topological polar surface area (TPSA) is 111 Å². The molecule has 2 aliphatic heterocycles. The number of carbonyl (C=O) groups is 3. The van der Waals surface area contributed by atoms with Crippen molar-refractivity contribution >= 4 is 29.1 Å². The second-order valence-electron chi connectivity index (χ2n) is 11.0. The fourth-order valence-corrected chi connectivity index (χ4v) is 5.50. The van der Waals surface area contributed by atoms with Crippen LogP contribution in [0.15, 0.2) is 53.2 Å². The Morgan fingerprint density at radius 3 is 2.49 bits per heavy atom. The molecule has 10 heteroatoms. The van der Waals surface area contributed by atoms with Gasteiger partial charge in [-0.25, -0.2) is 4.39 Å². The van der Waals surface area contributed by atoms with Crippen LogP contribution in [0.2, 0.25) is 0 Å². The summed E-state index contributed by atoms with van der Waals surface area (Å²) in [7, 11) is 5.36. The normalized spacial score (nSPS) is 19.3. The molecule has 3 amide bonds. The summed E-state index contributed by atoms with van der Waals surface area (Å²) in [6, 6.07) is 8.45. The van der Waals surface area contributed by atoms with Gasteiger partial charge < -0.3 is 25.8 Å². The molecule has 0 saturated carbocycles. The number of halogens is 1. The van der Waals surface area contributed by atoms with Crippen LogP contribution in [0.25, 0.3) is 0 Å². The van der Waals surface area contributed by atoms with E-state index in [1.807, 2.05) is 6.92 Å². The number of hydrogen-bond donors (Lipinski definition) is 2. The Morgan fingerprint density at radius 2 is 1.83 bits per heavy atom. The summed E-state index contributed by atoms with van der Waals surface area (Å²) in [5.41, 5.74) is 9.24. The Morgan fingerprint density at radius 1 is 1.12 bits per heavy atom. The lowest BCUT2D eigenvalue weighted by atomic mass is 9.97. The summed E-state index contributed by atoms with van der Waals surface area (Å²) in [6.45, 7) is 5.96. The van der Waals surface area contributed by atoms with Crippen LogP contribution < -0.4 is 16.0 Å². The molecule has 2 aromatic carbocycles. The number of nitrogens with zero attached hydrogens (tertiary/aromatic N) is 4. The molecule has 3 N–H and O–H groups in total. The predicted molar refractivity (Wildman–Crippen MR) is 159 cm³/mol. The fourth-order valence-electron chi connectivity index (χ4n) is 5.50. The summed E-state index contributed by atoms with van der Waals surface area (Å²) in [5.74, 6) is -1.20. The Kier molecular flexibility index (Phi) is 9.22. The van der Waals surface area contributed by atoms with E-state index in [0.717, 1.165) is 37.1 Å². The highest BCUT2D eigenvalue weighted by molar-refractivity contribution is 6.15. The van der Waals surface area contributed by atoms with E-state index in [0.29, 0.717) is 35.0 Å². The Labute approximate surface area is 240 Å². The third-order valence-electron chi connectivity index (χ3n) is 8.09. The summed E-state index contributed by atoms with van der Waals surface area (Å²) in [5, 5.41) is 2.94. The van der Waals surface area contributed by atoms with Crippen LogP contribution in [0.4, 0.5) is 10.1 Å². The molecule has 1 atom stereocenters. The summed E-state index contributed by atoms with van der Waals surface area (Å²) < 4.78 is 14.7. The van der Waals surface area contributed by atoms with Crippen LogP contribution in [0, 0.1) is 11.7 Å². The summed E-state index contributed by atoms with van der Waals surface area (Å²) >= 11 is 0. The van der Waals surface area contributed by atoms with Gasteiger partial charge in [-0.2, -0.15) is 0 Å². The van der Waals surface area contributed by atoms with Crippen LogP contribution in [-0.4, -0.2) is 80.1 Å². The first-order valence-electron chi connectivity index (χ1n) is 13.9. The maximum absolute atomic E-state index is 14.7. The highest BCUT2D eigenvalue weighted by atomic mass is 19.1. The Hall–Kier alpha value is -4.05. The minimum absolute atomic E-state index is 0.0372. The third-order valence-corrected chi connectivity index (χ3v) is 8.09. The number of carbonyl (C=O) groups excluding carboxylic acids is 3. The van der Waals surface area contributed by atoms with E-state index in [4.69, 9.17) is 5.73 Å². The van der Waals surface area contributed by atoms with E-state index in [2.05, 4.69) is 22.3 Å². The van der Waals surface area contributed by atoms with E-state index in [1.165, 1.54) is 28.1 Å². The van der Waals surface area contributed by atoms with Gasteiger partial charge in [0.25, 0.3) is 11.8 Å². The first-order chi connectivity index (χ1) is 19.5. The molecule has 2 aromatic rings. The van der Waals surface area contributed by atoms with Crippen molar-refractivity contribution in [2.24, 2.45) is 16.6 Å². The number of anilines is 1. The average molecular weight is 563 g/mol. The van der Waals surface area contributed by atoms with Crippen molar-refractivity contribution in [1.82, 2.24) is 15.1 Å². The standard InChI is InChI=1S/C31H39FN6O3/c1-19(16-33)28(34-3)23-6-7-26-27(15-23)37(5)30(40)20(2)38(31(26)41)18-22-12-24(14-25(32)13-22)29(39)35-17-21-8-10-36(4)11-9-21/h6-7,12-16,20-21H,8-11,17-18,33H2,1-5H3,(H,35,39)/t20-/m1/s1. The molecule has 0 aliphatic carbocycles. The lowest BCUT2D eigenvalue weighted by Gasteiger charge is -2.29. The lowest BCUT2D eigenvalue weighted by molar-refractivity contribution is -0.122. The van der Waals surface area contributed by atoms with Crippen molar-refractivity contribution in [2.75, 3.05) is 45.7 Å². The van der Waals surface area contributed by atoms with Gasteiger partial charge in [0, 0.05) is 38.3 Å². The molecule has 1 saturated heterocycles. The number of rotatable bonds is 7. The van der Waals surface area contributed by atoms with E-state index < -0.39 is 11.9 Å². The highest BCUT2D eigenvalue weighted by Gasteiger charge is 2.36. The molecule has 4 rings (SSSR count). The molecule has 0 spiro atoms. The van der Waals surface area contributed by atoms with Gasteiger partial charge >= 0.3 is 0 Å². The van der Waals surface area contributed by atoms with Crippen LogP contribution >= 0.6 is 0 Å². The van der Waals surface area contributed by atoms with Gasteiger partial charge in [-0.3, -0.25) is 19.4 Å². The second-order valence-corrected chi connectivity index (χ2v) is 11.0.